The Morgan fingerprint density at radius 2 is 2.18 bits per heavy atom. The fraction of sp³-hybridized carbons (Fsp3) is 0.875. The van der Waals surface area contributed by atoms with Gasteiger partial charge in [0.05, 0.1) is 6.61 Å². The molecule has 3 heteroatoms. The summed E-state index contributed by atoms with van der Waals surface area (Å²) in [5.74, 6) is 1.54. The molecule has 2 nitrogen and oxygen atoms in total. The lowest BCUT2D eigenvalue weighted by atomic mass is 10.2. The molecular formula is C8H16O2S. The zero-order valence-electron chi connectivity index (χ0n) is 7.17. The van der Waals surface area contributed by atoms with Gasteiger partial charge in [-0.1, -0.05) is 25.6 Å². The van der Waals surface area contributed by atoms with E-state index in [4.69, 9.17) is 5.11 Å². The molecular weight excluding hydrogens is 160 g/mol. The first-order valence-electron chi connectivity index (χ1n) is 3.93. The number of aliphatic hydroxyl groups excluding tert-OH is 1. The molecule has 0 radical (unpaired) electrons. The summed E-state index contributed by atoms with van der Waals surface area (Å²) in [6, 6.07) is 0. The van der Waals surface area contributed by atoms with Crippen molar-refractivity contribution in [3.05, 3.63) is 0 Å². The standard InChI is InChI=1S/C8H16O2S/c1-7(2)4-6-11-8(10)3-5-9/h7,9H,3-6H2,1-2H3. The van der Waals surface area contributed by atoms with Gasteiger partial charge in [0.1, 0.15) is 0 Å². The summed E-state index contributed by atoms with van der Waals surface area (Å²) < 4.78 is 0. The zero-order chi connectivity index (χ0) is 8.69. The Labute approximate surface area is 72.4 Å². The molecule has 0 heterocycles. The minimum Gasteiger partial charge on any atom is -0.396 e. The van der Waals surface area contributed by atoms with E-state index in [1.807, 2.05) is 0 Å². The molecule has 0 aromatic heterocycles. The summed E-state index contributed by atoms with van der Waals surface area (Å²) >= 11 is 1.33. The molecule has 0 fully saturated rings. The predicted molar refractivity (Wildman–Crippen MR) is 48.6 cm³/mol. The second-order valence-electron chi connectivity index (χ2n) is 2.88. The number of carbonyl (C=O) groups excluding carboxylic acids is 1. The van der Waals surface area contributed by atoms with Crippen LogP contribution in [0.3, 0.4) is 0 Å². The Kier molecular flexibility index (Phi) is 6.66. The van der Waals surface area contributed by atoms with Crippen molar-refractivity contribution in [3.8, 4) is 0 Å². The van der Waals surface area contributed by atoms with Gasteiger partial charge in [0, 0.05) is 12.2 Å². The van der Waals surface area contributed by atoms with Gasteiger partial charge >= 0.3 is 0 Å². The molecule has 0 atom stereocenters. The summed E-state index contributed by atoms with van der Waals surface area (Å²) in [6.45, 7) is 4.25. The van der Waals surface area contributed by atoms with E-state index >= 15 is 0 Å². The minimum atomic E-state index is -0.0203. The third-order valence-corrected chi connectivity index (χ3v) is 2.24. The molecule has 0 unspecified atom stereocenters. The van der Waals surface area contributed by atoms with Gasteiger partial charge < -0.3 is 5.11 Å². The van der Waals surface area contributed by atoms with Gasteiger partial charge in [-0.05, 0) is 12.3 Å². The van der Waals surface area contributed by atoms with Crippen LogP contribution in [0.2, 0.25) is 0 Å². The first kappa shape index (κ1) is 11.0. The van der Waals surface area contributed by atoms with E-state index in [2.05, 4.69) is 13.8 Å². The van der Waals surface area contributed by atoms with Crippen LogP contribution < -0.4 is 0 Å². The molecule has 0 aliphatic heterocycles. The average Bonchev–Trinajstić information content (AvgIpc) is 1.87. The summed E-state index contributed by atoms with van der Waals surface area (Å²) in [5.41, 5.74) is 0. The molecule has 0 amide bonds. The molecule has 0 aromatic carbocycles. The molecule has 0 saturated carbocycles. The van der Waals surface area contributed by atoms with E-state index in [-0.39, 0.29) is 11.7 Å². The number of aliphatic hydroxyl groups is 1. The average molecular weight is 176 g/mol. The van der Waals surface area contributed by atoms with E-state index in [9.17, 15) is 4.79 Å². The lowest BCUT2D eigenvalue weighted by Crippen LogP contribution is -1.98. The molecule has 0 saturated heterocycles. The molecule has 0 aliphatic carbocycles. The van der Waals surface area contributed by atoms with Crippen molar-refractivity contribution in [1.29, 1.82) is 0 Å². The third kappa shape index (κ3) is 7.88. The van der Waals surface area contributed by atoms with Gasteiger partial charge in [-0.2, -0.15) is 0 Å². The van der Waals surface area contributed by atoms with Crippen molar-refractivity contribution in [2.45, 2.75) is 26.7 Å². The maximum Gasteiger partial charge on any atom is 0.191 e. The number of hydrogen-bond donors (Lipinski definition) is 1. The summed E-state index contributed by atoms with van der Waals surface area (Å²) in [7, 11) is 0. The number of thioether (sulfide) groups is 1. The van der Waals surface area contributed by atoms with Crippen LogP contribution >= 0.6 is 11.8 Å². The maximum absolute atomic E-state index is 10.8. The molecule has 0 aliphatic rings. The largest absolute Gasteiger partial charge is 0.396 e. The topological polar surface area (TPSA) is 37.3 Å². The maximum atomic E-state index is 10.8. The van der Waals surface area contributed by atoms with Gasteiger partial charge in [-0.15, -0.1) is 0 Å². The molecule has 0 aromatic rings. The number of hydrogen-bond acceptors (Lipinski definition) is 3. The van der Waals surface area contributed by atoms with Gasteiger partial charge in [-0.25, -0.2) is 0 Å². The first-order valence-corrected chi connectivity index (χ1v) is 4.92. The Morgan fingerprint density at radius 3 is 2.64 bits per heavy atom. The normalized spacial score (nSPS) is 10.5. The van der Waals surface area contributed by atoms with Crippen molar-refractivity contribution in [2.24, 2.45) is 5.92 Å². The summed E-state index contributed by atoms with van der Waals surface area (Å²) in [5, 5.41) is 8.52. The Morgan fingerprint density at radius 1 is 1.55 bits per heavy atom. The molecule has 0 rings (SSSR count). The van der Waals surface area contributed by atoms with Crippen molar-refractivity contribution in [1.82, 2.24) is 0 Å². The molecule has 66 valence electrons. The summed E-state index contributed by atoms with van der Waals surface area (Å²) in [4.78, 5) is 10.8. The highest BCUT2D eigenvalue weighted by atomic mass is 32.2. The predicted octanol–water partition coefficient (Wildman–Crippen LogP) is 1.67. The quantitative estimate of drug-likeness (QED) is 0.692. The van der Waals surface area contributed by atoms with Crippen LogP contribution in [-0.4, -0.2) is 22.6 Å². The second-order valence-corrected chi connectivity index (χ2v) is 4.03. The van der Waals surface area contributed by atoms with E-state index < -0.39 is 0 Å². The highest BCUT2D eigenvalue weighted by Crippen LogP contribution is 2.10. The van der Waals surface area contributed by atoms with E-state index in [0.717, 1.165) is 12.2 Å². The third-order valence-electron chi connectivity index (χ3n) is 1.27. The SMILES string of the molecule is CC(C)CCSC(=O)CCO. The Bertz CT molecular complexity index is 113. The number of carbonyl (C=O) groups is 1. The number of rotatable bonds is 5. The fourth-order valence-electron chi connectivity index (χ4n) is 0.572. The van der Waals surface area contributed by atoms with Crippen LogP contribution in [-0.2, 0) is 4.79 Å². The second kappa shape index (κ2) is 6.68. The highest BCUT2D eigenvalue weighted by Gasteiger charge is 2.01. The molecule has 1 N–H and O–H groups in total. The van der Waals surface area contributed by atoms with Crippen LogP contribution in [0.4, 0.5) is 0 Å². The van der Waals surface area contributed by atoms with Gasteiger partial charge in [-0.3, -0.25) is 4.79 Å². The van der Waals surface area contributed by atoms with E-state index in [0.29, 0.717) is 12.3 Å². The van der Waals surface area contributed by atoms with Crippen LogP contribution in [0.5, 0.6) is 0 Å². The lowest BCUT2D eigenvalue weighted by Gasteiger charge is -2.01. The molecule has 0 spiro atoms. The fourth-order valence-corrected chi connectivity index (χ4v) is 1.62. The van der Waals surface area contributed by atoms with Gasteiger partial charge in [0.25, 0.3) is 0 Å². The van der Waals surface area contributed by atoms with Crippen LogP contribution in [0.15, 0.2) is 0 Å². The molecule has 11 heavy (non-hydrogen) atoms. The van der Waals surface area contributed by atoms with Crippen molar-refractivity contribution in [3.63, 3.8) is 0 Å². The van der Waals surface area contributed by atoms with E-state index in [1.165, 1.54) is 11.8 Å². The smallest absolute Gasteiger partial charge is 0.191 e. The Hall–Kier alpha value is -0.0200. The minimum absolute atomic E-state index is 0.0203. The molecule has 0 bridgehead atoms. The van der Waals surface area contributed by atoms with Crippen molar-refractivity contribution in [2.75, 3.05) is 12.4 Å². The van der Waals surface area contributed by atoms with Crippen molar-refractivity contribution >= 4 is 16.9 Å². The van der Waals surface area contributed by atoms with Gasteiger partial charge in [0.2, 0.25) is 0 Å². The highest BCUT2D eigenvalue weighted by molar-refractivity contribution is 8.13. The monoisotopic (exact) mass is 176 g/mol. The van der Waals surface area contributed by atoms with E-state index in [1.54, 1.807) is 0 Å². The first-order chi connectivity index (χ1) is 5.16. The zero-order valence-corrected chi connectivity index (χ0v) is 7.99. The van der Waals surface area contributed by atoms with Crippen LogP contribution in [0.25, 0.3) is 0 Å². The Balaban J connectivity index is 3.17. The summed E-state index contributed by atoms with van der Waals surface area (Å²) in [6.07, 6.45) is 1.37. The van der Waals surface area contributed by atoms with Crippen LogP contribution in [0, 0.1) is 5.92 Å². The van der Waals surface area contributed by atoms with Crippen LogP contribution in [0.1, 0.15) is 26.7 Å². The lowest BCUT2D eigenvalue weighted by molar-refractivity contribution is -0.111. The van der Waals surface area contributed by atoms with Crippen molar-refractivity contribution < 1.29 is 9.90 Å². The van der Waals surface area contributed by atoms with Gasteiger partial charge in [0.15, 0.2) is 5.12 Å².